The van der Waals surface area contributed by atoms with Gasteiger partial charge in [0, 0.05) is 17.8 Å². The number of anilines is 1. The molecule has 0 bridgehead atoms. The third-order valence-electron chi connectivity index (χ3n) is 5.78. The van der Waals surface area contributed by atoms with Gasteiger partial charge in [0.1, 0.15) is 12.4 Å². The van der Waals surface area contributed by atoms with Gasteiger partial charge in [-0.15, -0.1) is 12.4 Å². The smallest absolute Gasteiger partial charge is 0.335 e. The molecule has 0 heterocycles. The molecular weight excluding hydrogens is 446 g/mol. The van der Waals surface area contributed by atoms with Crippen molar-refractivity contribution < 1.29 is 14.6 Å². The van der Waals surface area contributed by atoms with Crippen LogP contribution in [-0.4, -0.2) is 23.2 Å². The number of hydrogen-bond acceptors (Lipinski definition) is 3. The van der Waals surface area contributed by atoms with E-state index in [4.69, 9.17) is 4.74 Å². The average Bonchev–Trinajstić information content (AvgIpc) is 2.78. The molecule has 0 aliphatic rings. The maximum absolute atomic E-state index is 11.5. The van der Waals surface area contributed by atoms with E-state index in [1.807, 2.05) is 30.3 Å². The quantitative estimate of drug-likeness (QED) is 0.315. The summed E-state index contributed by atoms with van der Waals surface area (Å²) in [6, 6.07) is 24.8. The SMILES string of the molecule is CC(C)N(c1cccc(CCCc2cc(C(=O)O)ccc2OCc2ccccc2)c1)C(C)C.Cl. The third kappa shape index (κ3) is 7.53. The number of benzene rings is 3. The van der Waals surface area contributed by atoms with E-state index in [0.29, 0.717) is 24.3 Å². The summed E-state index contributed by atoms with van der Waals surface area (Å²) < 4.78 is 6.06. The predicted octanol–water partition coefficient (Wildman–Crippen LogP) is 7.18. The van der Waals surface area contributed by atoms with Gasteiger partial charge in [0.2, 0.25) is 0 Å². The Labute approximate surface area is 210 Å². The highest BCUT2D eigenvalue weighted by Crippen LogP contribution is 2.25. The number of carboxylic acid groups (broad SMARTS) is 1. The zero-order valence-electron chi connectivity index (χ0n) is 20.5. The van der Waals surface area contributed by atoms with Gasteiger partial charge in [0.05, 0.1) is 5.56 Å². The minimum atomic E-state index is -0.916. The zero-order valence-corrected chi connectivity index (χ0v) is 21.3. The first kappa shape index (κ1) is 27.3. The maximum atomic E-state index is 11.5. The molecule has 5 heteroatoms. The number of carboxylic acids is 1. The second kappa shape index (κ2) is 13.0. The lowest BCUT2D eigenvalue weighted by atomic mass is 10.0. The predicted molar refractivity (Wildman–Crippen MR) is 143 cm³/mol. The van der Waals surface area contributed by atoms with Crippen molar-refractivity contribution in [2.24, 2.45) is 0 Å². The van der Waals surface area contributed by atoms with Gasteiger partial charge >= 0.3 is 5.97 Å². The second-order valence-corrected chi connectivity index (χ2v) is 9.02. The Morgan fingerprint density at radius 2 is 1.53 bits per heavy atom. The Bertz CT molecular complexity index is 1040. The summed E-state index contributed by atoms with van der Waals surface area (Å²) >= 11 is 0. The van der Waals surface area contributed by atoms with Crippen LogP contribution in [0.25, 0.3) is 0 Å². The van der Waals surface area contributed by atoms with Crippen LogP contribution in [0.4, 0.5) is 5.69 Å². The molecule has 1 N–H and O–H groups in total. The number of carbonyl (C=O) groups is 1. The van der Waals surface area contributed by atoms with Crippen molar-refractivity contribution in [2.45, 2.75) is 65.6 Å². The number of halogens is 1. The fourth-order valence-electron chi connectivity index (χ4n) is 4.33. The molecule has 34 heavy (non-hydrogen) atoms. The second-order valence-electron chi connectivity index (χ2n) is 9.02. The molecule has 0 spiro atoms. The standard InChI is InChI=1S/C29H35NO3.ClH/c1-21(2)30(22(3)4)27-15-9-13-23(18-27)12-8-14-25-19-26(29(31)32)16-17-28(25)33-20-24-10-6-5-7-11-24;/h5-7,9-11,13,15-19,21-22H,8,12,14,20H2,1-4H3,(H,31,32);1H. The van der Waals surface area contributed by atoms with Crippen molar-refractivity contribution in [3.63, 3.8) is 0 Å². The minimum absolute atomic E-state index is 0. The normalized spacial score (nSPS) is 10.8. The van der Waals surface area contributed by atoms with Gasteiger partial charge in [0.25, 0.3) is 0 Å². The van der Waals surface area contributed by atoms with E-state index in [1.165, 1.54) is 11.3 Å². The number of aryl methyl sites for hydroxylation is 2. The van der Waals surface area contributed by atoms with Gasteiger partial charge in [-0.1, -0.05) is 42.5 Å². The molecule has 0 saturated carbocycles. The van der Waals surface area contributed by atoms with E-state index in [2.05, 4.69) is 56.9 Å². The Morgan fingerprint density at radius 3 is 2.18 bits per heavy atom. The number of ether oxygens (including phenoxy) is 1. The molecule has 0 aromatic heterocycles. The lowest BCUT2D eigenvalue weighted by molar-refractivity contribution is 0.0696. The van der Waals surface area contributed by atoms with Crippen LogP contribution < -0.4 is 9.64 Å². The van der Waals surface area contributed by atoms with Crippen molar-refractivity contribution in [3.8, 4) is 5.75 Å². The van der Waals surface area contributed by atoms with Crippen molar-refractivity contribution in [3.05, 3.63) is 95.1 Å². The first-order chi connectivity index (χ1) is 15.8. The molecule has 0 radical (unpaired) electrons. The van der Waals surface area contributed by atoms with E-state index in [1.54, 1.807) is 18.2 Å². The summed E-state index contributed by atoms with van der Waals surface area (Å²) in [6.45, 7) is 9.35. The minimum Gasteiger partial charge on any atom is -0.489 e. The van der Waals surface area contributed by atoms with Crippen LogP contribution in [0.5, 0.6) is 5.75 Å². The summed E-state index contributed by atoms with van der Waals surface area (Å²) in [5.41, 5.74) is 4.86. The lowest BCUT2D eigenvalue weighted by Crippen LogP contribution is -2.36. The summed E-state index contributed by atoms with van der Waals surface area (Å²) in [7, 11) is 0. The number of rotatable bonds is 11. The van der Waals surface area contributed by atoms with Crippen LogP contribution in [0.2, 0.25) is 0 Å². The van der Waals surface area contributed by atoms with Crippen LogP contribution >= 0.6 is 12.4 Å². The summed E-state index contributed by atoms with van der Waals surface area (Å²) in [6.07, 6.45) is 2.60. The van der Waals surface area contributed by atoms with E-state index in [9.17, 15) is 9.90 Å². The van der Waals surface area contributed by atoms with Crippen LogP contribution in [-0.2, 0) is 19.4 Å². The topological polar surface area (TPSA) is 49.8 Å². The van der Waals surface area contributed by atoms with Crippen molar-refractivity contribution in [1.29, 1.82) is 0 Å². The van der Waals surface area contributed by atoms with Crippen molar-refractivity contribution in [1.82, 2.24) is 0 Å². The Morgan fingerprint density at radius 1 is 0.853 bits per heavy atom. The molecule has 0 atom stereocenters. The highest BCUT2D eigenvalue weighted by molar-refractivity contribution is 5.88. The highest BCUT2D eigenvalue weighted by atomic mass is 35.5. The third-order valence-corrected chi connectivity index (χ3v) is 5.78. The fraction of sp³-hybridized carbons (Fsp3) is 0.345. The zero-order chi connectivity index (χ0) is 23.8. The largest absolute Gasteiger partial charge is 0.489 e. The molecule has 3 rings (SSSR count). The van der Waals surface area contributed by atoms with Gasteiger partial charge in [-0.2, -0.15) is 0 Å². The maximum Gasteiger partial charge on any atom is 0.335 e. The lowest BCUT2D eigenvalue weighted by Gasteiger charge is -2.33. The summed E-state index contributed by atoms with van der Waals surface area (Å²) in [5, 5.41) is 9.44. The van der Waals surface area contributed by atoms with Crippen LogP contribution in [0.1, 0.15) is 61.2 Å². The molecule has 0 aliphatic heterocycles. The van der Waals surface area contributed by atoms with Crippen molar-refractivity contribution >= 4 is 24.1 Å². The number of hydrogen-bond donors (Lipinski definition) is 1. The van der Waals surface area contributed by atoms with Crippen molar-refractivity contribution in [2.75, 3.05) is 4.90 Å². The molecule has 0 amide bonds. The molecule has 3 aromatic carbocycles. The fourth-order valence-corrected chi connectivity index (χ4v) is 4.33. The van der Waals surface area contributed by atoms with E-state index >= 15 is 0 Å². The monoisotopic (exact) mass is 481 g/mol. The number of nitrogens with zero attached hydrogens (tertiary/aromatic N) is 1. The average molecular weight is 482 g/mol. The molecule has 0 saturated heterocycles. The molecule has 3 aromatic rings. The Kier molecular flexibility index (Phi) is 10.5. The molecule has 0 fully saturated rings. The first-order valence-corrected chi connectivity index (χ1v) is 11.8. The van der Waals surface area contributed by atoms with Crippen LogP contribution in [0.3, 0.4) is 0 Å². The van der Waals surface area contributed by atoms with Crippen LogP contribution in [0, 0.1) is 0 Å². The molecule has 0 unspecified atom stereocenters. The van der Waals surface area contributed by atoms with E-state index in [0.717, 1.165) is 36.1 Å². The molecule has 0 aliphatic carbocycles. The van der Waals surface area contributed by atoms with Crippen LogP contribution in [0.15, 0.2) is 72.8 Å². The van der Waals surface area contributed by atoms with E-state index in [-0.39, 0.29) is 12.4 Å². The highest BCUT2D eigenvalue weighted by Gasteiger charge is 2.15. The summed E-state index contributed by atoms with van der Waals surface area (Å²) in [4.78, 5) is 13.9. The number of aromatic carboxylic acids is 1. The Hall–Kier alpha value is -2.98. The summed E-state index contributed by atoms with van der Waals surface area (Å²) in [5.74, 6) is -0.163. The Balaban J connectivity index is 0.00000408. The molecule has 4 nitrogen and oxygen atoms in total. The van der Waals surface area contributed by atoms with E-state index < -0.39 is 5.97 Å². The van der Waals surface area contributed by atoms with Gasteiger partial charge < -0.3 is 14.7 Å². The first-order valence-electron chi connectivity index (χ1n) is 11.8. The van der Waals surface area contributed by atoms with Gasteiger partial charge in [-0.3, -0.25) is 0 Å². The van der Waals surface area contributed by atoms with Gasteiger partial charge in [-0.05, 0) is 94.0 Å². The van der Waals surface area contributed by atoms with Gasteiger partial charge in [0.15, 0.2) is 0 Å². The molecular formula is C29H36ClNO3. The molecule has 182 valence electrons. The van der Waals surface area contributed by atoms with Gasteiger partial charge in [-0.25, -0.2) is 4.79 Å².